The Morgan fingerprint density at radius 3 is 2.51 bits per heavy atom. The first kappa shape index (κ1) is 24.9. The van der Waals surface area contributed by atoms with E-state index in [1.54, 1.807) is 4.57 Å². The summed E-state index contributed by atoms with van der Waals surface area (Å²) in [5, 5.41) is 8.42. The van der Waals surface area contributed by atoms with Crippen molar-refractivity contribution >= 4 is 10.9 Å². The first-order chi connectivity index (χ1) is 18.1. The van der Waals surface area contributed by atoms with Crippen LogP contribution in [0.2, 0.25) is 0 Å². The highest BCUT2D eigenvalue weighted by atomic mass is 16.1. The van der Waals surface area contributed by atoms with E-state index < -0.39 is 0 Å². The van der Waals surface area contributed by atoms with Gasteiger partial charge in [-0.1, -0.05) is 43.0 Å². The molecule has 3 heterocycles. The van der Waals surface area contributed by atoms with Crippen LogP contribution < -0.4 is 10.9 Å². The van der Waals surface area contributed by atoms with Crippen LogP contribution in [0.5, 0.6) is 0 Å². The molecule has 5 rings (SSSR count). The number of nitrogens with one attached hydrogen (secondary N) is 1. The summed E-state index contributed by atoms with van der Waals surface area (Å²) in [6.45, 7) is 5.23. The van der Waals surface area contributed by atoms with Gasteiger partial charge in [0.25, 0.3) is 5.56 Å². The molecule has 0 unspecified atom stereocenters. The van der Waals surface area contributed by atoms with Crippen molar-refractivity contribution in [2.75, 3.05) is 26.7 Å². The van der Waals surface area contributed by atoms with Gasteiger partial charge in [-0.2, -0.15) is 5.10 Å². The van der Waals surface area contributed by atoms with Crippen LogP contribution >= 0.6 is 0 Å². The molecule has 1 saturated heterocycles. The summed E-state index contributed by atoms with van der Waals surface area (Å²) in [6.07, 6.45) is 5.74. The van der Waals surface area contributed by atoms with E-state index in [0.717, 1.165) is 48.8 Å². The van der Waals surface area contributed by atoms with Gasteiger partial charge >= 0.3 is 0 Å². The minimum Gasteiger partial charge on any atom is -0.317 e. The maximum absolute atomic E-state index is 13.8. The second-order valence-corrected chi connectivity index (χ2v) is 9.59. The summed E-state index contributed by atoms with van der Waals surface area (Å²) < 4.78 is 3.63. The molecule has 0 radical (unpaired) electrons. The van der Waals surface area contributed by atoms with E-state index in [2.05, 4.69) is 27.2 Å². The molecule has 1 aliphatic rings. The molecule has 0 aliphatic carbocycles. The SMILES string of the molecule is CCc1nc2cccc(C#Cc3cnn(C)c3CCN3CCC(NC)CC3)c2c(=O)n1-c1ccccc1. The fourth-order valence-corrected chi connectivity index (χ4v) is 5.17. The zero-order valence-electron chi connectivity index (χ0n) is 21.9. The van der Waals surface area contributed by atoms with Crippen molar-refractivity contribution in [2.45, 2.75) is 38.6 Å². The average Bonchev–Trinajstić information content (AvgIpc) is 3.29. The quantitative estimate of drug-likeness (QED) is 0.417. The minimum absolute atomic E-state index is 0.0886. The second-order valence-electron chi connectivity index (χ2n) is 9.59. The predicted octanol–water partition coefficient (Wildman–Crippen LogP) is 3.31. The Hall–Kier alpha value is -3.73. The molecule has 37 heavy (non-hydrogen) atoms. The molecule has 2 aromatic carbocycles. The number of hydrogen-bond acceptors (Lipinski definition) is 5. The predicted molar refractivity (Wildman–Crippen MR) is 148 cm³/mol. The lowest BCUT2D eigenvalue weighted by Gasteiger charge is -2.31. The first-order valence-electron chi connectivity index (χ1n) is 13.1. The number of hydrogen-bond donors (Lipinski definition) is 1. The van der Waals surface area contributed by atoms with Crippen LogP contribution in [0.15, 0.2) is 59.5 Å². The second kappa shape index (κ2) is 11.1. The Bertz CT molecular complexity index is 1500. The van der Waals surface area contributed by atoms with Crippen LogP contribution in [0.1, 0.15) is 42.4 Å². The van der Waals surface area contributed by atoms with Gasteiger partial charge in [0.2, 0.25) is 0 Å². The van der Waals surface area contributed by atoms with Gasteiger partial charge in [0.15, 0.2) is 0 Å². The zero-order valence-corrected chi connectivity index (χ0v) is 21.9. The van der Waals surface area contributed by atoms with E-state index in [4.69, 9.17) is 4.98 Å². The van der Waals surface area contributed by atoms with Crippen molar-refractivity contribution in [1.82, 2.24) is 29.5 Å². The fraction of sp³-hybridized carbons (Fsp3) is 0.367. The van der Waals surface area contributed by atoms with E-state index >= 15 is 0 Å². The molecule has 4 aromatic rings. The number of fused-ring (bicyclic) bond motifs is 1. The van der Waals surface area contributed by atoms with Gasteiger partial charge < -0.3 is 10.2 Å². The molecule has 0 amide bonds. The third-order valence-electron chi connectivity index (χ3n) is 7.35. The molecule has 1 aliphatic heterocycles. The Morgan fingerprint density at radius 2 is 1.78 bits per heavy atom. The van der Waals surface area contributed by atoms with Crippen molar-refractivity contribution in [3.63, 3.8) is 0 Å². The molecule has 1 fully saturated rings. The molecular formula is C30H34N6O. The standard InChI is InChI=1S/C30H34N6O/c1-4-28-33-26-12-8-9-22(29(26)30(37)36(28)25-10-6-5-7-11-25)13-14-23-21-32-34(3)27(23)17-20-35-18-15-24(31-2)16-19-35/h5-12,21,24,31H,4,15-20H2,1-3H3. The third kappa shape index (κ3) is 5.22. The van der Waals surface area contributed by atoms with Gasteiger partial charge in [-0.05, 0) is 57.2 Å². The van der Waals surface area contributed by atoms with Crippen LogP contribution in [0.3, 0.4) is 0 Å². The molecule has 0 bridgehead atoms. The molecule has 0 saturated carbocycles. The van der Waals surface area contributed by atoms with Crippen LogP contribution in [0.4, 0.5) is 0 Å². The fourth-order valence-electron chi connectivity index (χ4n) is 5.17. The van der Waals surface area contributed by atoms with Crippen molar-refractivity contribution in [1.29, 1.82) is 0 Å². The summed E-state index contributed by atoms with van der Waals surface area (Å²) in [5.41, 5.74) is 4.12. The lowest BCUT2D eigenvalue weighted by Crippen LogP contribution is -2.42. The first-order valence-corrected chi connectivity index (χ1v) is 13.1. The Morgan fingerprint density at radius 1 is 1.03 bits per heavy atom. The Balaban J connectivity index is 1.47. The lowest BCUT2D eigenvalue weighted by atomic mass is 10.0. The molecule has 7 heteroatoms. The minimum atomic E-state index is -0.0886. The molecule has 2 aromatic heterocycles. The molecular weight excluding hydrogens is 460 g/mol. The maximum Gasteiger partial charge on any atom is 0.267 e. The van der Waals surface area contributed by atoms with E-state index in [1.165, 1.54) is 12.8 Å². The van der Waals surface area contributed by atoms with Gasteiger partial charge in [-0.3, -0.25) is 14.0 Å². The number of para-hydroxylation sites is 1. The summed E-state index contributed by atoms with van der Waals surface area (Å²) in [6, 6.07) is 16.0. The van der Waals surface area contributed by atoms with Crippen molar-refractivity contribution < 1.29 is 0 Å². The van der Waals surface area contributed by atoms with Gasteiger partial charge in [0, 0.05) is 38.0 Å². The van der Waals surface area contributed by atoms with E-state index in [-0.39, 0.29) is 5.56 Å². The van der Waals surface area contributed by atoms with E-state index in [0.29, 0.717) is 28.9 Å². The molecule has 0 spiro atoms. The van der Waals surface area contributed by atoms with Crippen molar-refractivity contribution in [3.8, 4) is 17.5 Å². The lowest BCUT2D eigenvalue weighted by molar-refractivity contribution is 0.203. The third-order valence-corrected chi connectivity index (χ3v) is 7.35. The number of nitrogens with zero attached hydrogens (tertiary/aromatic N) is 5. The summed E-state index contributed by atoms with van der Waals surface area (Å²) in [5.74, 6) is 7.35. The maximum atomic E-state index is 13.8. The van der Waals surface area contributed by atoms with Crippen LogP contribution in [-0.4, -0.2) is 57.0 Å². The van der Waals surface area contributed by atoms with E-state index in [9.17, 15) is 4.79 Å². The molecule has 1 N–H and O–H groups in total. The van der Waals surface area contributed by atoms with Crippen LogP contribution in [0.25, 0.3) is 16.6 Å². The van der Waals surface area contributed by atoms with Gasteiger partial charge in [-0.15, -0.1) is 0 Å². The number of benzene rings is 2. The summed E-state index contributed by atoms with van der Waals surface area (Å²) in [7, 11) is 4.02. The van der Waals surface area contributed by atoms with Crippen LogP contribution in [-0.2, 0) is 19.9 Å². The largest absolute Gasteiger partial charge is 0.317 e. The Kier molecular flexibility index (Phi) is 7.50. The van der Waals surface area contributed by atoms with Crippen molar-refractivity contribution in [3.05, 3.63) is 87.7 Å². The molecule has 0 atom stereocenters. The normalized spacial score (nSPS) is 14.6. The molecule has 190 valence electrons. The number of aryl methyl sites for hydroxylation is 2. The van der Waals surface area contributed by atoms with Gasteiger partial charge in [0.05, 0.1) is 34.0 Å². The highest BCUT2D eigenvalue weighted by Gasteiger charge is 2.18. The van der Waals surface area contributed by atoms with Gasteiger partial charge in [0.1, 0.15) is 5.82 Å². The van der Waals surface area contributed by atoms with Crippen LogP contribution in [0, 0.1) is 11.8 Å². The number of rotatable bonds is 6. The smallest absolute Gasteiger partial charge is 0.267 e. The molecule has 7 nitrogen and oxygen atoms in total. The number of aromatic nitrogens is 4. The zero-order chi connectivity index (χ0) is 25.8. The monoisotopic (exact) mass is 494 g/mol. The number of piperidine rings is 1. The van der Waals surface area contributed by atoms with Crippen molar-refractivity contribution in [2.24, 2.45) is 7.05 Å². The van der Waals surface area contributed by atoms with E-state index in [1.807, 2.05) is 80.4 Å². The topological polar surface area (TPSA) is 68.0 Å². The Labute approximate surface area is 218 Å². The average molecular weight is 495 g/mol. The number of likely N-dealkylation sites (tertiary alicyclic amines) is 1. The highest BCUT2D eigenvalue weighted by molar-refractivity contribution is 5.85. The van der Waals surface area contributed by atoms with Gasteiger partial charge in [-0.25, -0.2) is 4.98 Å². The highest BCUT2D eigenvalue weighted by Crippen LogP contribution is 2.18. The summed E-state index contributed by atoms with van der Waals surface area (Å²) >= 11 is 0. The summed E-state index contributed by atoms with van der Waals surface area (Å²) in [4.78, 5) is 21.1.